The first-order valence-electron chi connectivity index (χ1n) is 5.24. The number of nitrogens with one attached hydrogen (secondary N) is 1. The summed E-state index contributed by atoms with van der Waals surface area (Å²) < 4.78 is 0.960. The lowest BCUT2D eigenvalue weighted by Gasteiger charge is -2.07. The van der Waals surface area contributed by atoms with Crippen LogP contribution in [0.5, 0.6) is 0 Å². The number of rotatable bonds is 3. The lowest BCUT2D eigenvalue weighted by atomic mass is 10.1. The van der Waals surface area contributed by atoms with Gasteiger partial charge in [-0.05, 0) is 36.1 Å². The maximum atomic E-state index is 12.0. The molecule has 4 heteroatoms. The van der Waals surface area contributed by atoms with Crippen molar-refractivity contribution in [3.05, 3.63) is 56.2 Å². The van der Waals surface area contributed by atoms with Gasteiger partial charge in [-0.3, -0.25) is 4.79 Å². The van der Waals surface area contributed by atoms with E-state index < -0.39 is 0 Å². The molecule has 0 bridgehead atoms. The van der Waals surface area contributed by atoms with Gasteiger partial charge in [-0.1, -0.05) is 28.1 Å². The summed E-state index contributed by atoms with van der Waals surface area (Å²) in [5.74, 6) is -0.0304. The molecule has 0 aliphatic rings. The molecule has 1 aromatic carbocycles. The van der Waals surface area contributed by atoms with Gasteiger partial charge >= 0.3 is 0 Å². The van der Waals surface area contributed by atoms with E-state index in [9.17, 15) is 4.79 Å². The molecule has 0 saturated carbocycles. The molecule has 2 nitrogen and oxygen atoms in total. The maximum absolute atomic E-state index is 12.0. The third-order valence-corrected chi connectivity index (χ3v) is 4.25. The Kier molecular flexibility index (Phi) is 3.97. The van der Waals surface area contributed by atoms with Crippen molar-refractivity contribution < 1.29 is 4.79 Å². The van der Waals surface area contributed by atoms with Gasteiger partial charge in [0.1, 0.15) is 0 Å². The average molecular weight is 310 g/mol. The zero-order valence-corrected chi connectivity index (χ0v) is 11.8. The van der Waals surface area contributed by atoms with Gasteiger partial charge in [-0.2, -0.15) is 0 Å². The summed E-state index contributed by atoms with van der Waals surface area (Å²) >= 11 is 5.07. The SMILES string of the molecule is Cc1c(Br)cccc1C(=O)NCc1cccs1. The van der Waals surface area contributed by atoms with Gasteiger partial charge in [0.05, 0.1) is 6.54 Å². The summed E-state index contributed by atoms with van der Waals surface area (Å²) in [6.07, 6.45) is 0. The van der Waals surface area contributed by atoms with E-state index >= 15 is 0 Å². The number of benzene rings is 1. The lowest BCUT2D eigenvalue weighted by molar-refractivity contribution is 0.0950. The molecular formula is C13H12BrNOS. The standard InChI is InChI=1S/C13H12BrNOS/c1-9-11(5-2-6-12(9)14)13(16)15-8-10-4-3-7-17-10/h2-7H,8H2,1H3,(H,15,16). The van der Waals surface area contributed by atoms with Gasteiger partial charge < -0.3 is 5.32 Å². The number of carbonyl (C=O) groups is 1. The Labute approximate surface area is 113 Å². The van der Waals surface area contributed by atoms with Crippen LogP contribution in [0.25, 0.3) is 0 Å². The molecular weight excluding hydrogens is 298 g/mol. The van der Waals surface area contributed by atoms with Crippen LogP contribution in [0.2, 0.25) is 0 Å². The van der Waals surface area contributed by atoms with Crippen LogP contribution in [0.1, 0.15) is 20.8 Å². The van der Waals surface area contributed by atoms with E-state index in [-0.39, 0.29) is 5.91 Å². The Morgan fingerprint density at radius 2 is 2.18 bits per heavy atom. The number of thiophene rings is 1. The molecule has 1 aromatic heterocycles. The van der Waals surface area contributed by atoms with Crippen molar-refractivity contribution in [3.8, 4) is 0 Å². The van der Waals surface area contributed by atoms with Crippen LogP contribution in [0.15, 0.2) is 40.2 Å². The van der Waals surface area contributed by atoms with Gasteiger partial charge in [-0.25, -0.2) is 0 Å². The first kappa shape index (κ1) is 12.3. The minimum absolute atomic E-state index is 0.0304. The number of hydrogen-bond donors (Lipinski definition) is 1. The lowest BCUT2D eigenvalue weighted by Crippen LogP contribution is -2.23. The first-order chi connectivity index (χ1) is 8.18. The largest absolute Gasteiger partial charge is 0.347 e. The minimum atomic E-state index is -0.0304. The van der Waals surface area contributed by atoms with Gasteiger partial charge in [0.25, 0.3) is 5.91 Å². The van der Waals surface area contributed by atoms with Gasteiger partial charge in [0.15, 0.2) is 0 Å². The maximum Gasteiger partial charge on any atom is 0.251 e. The zero-order valence-electron chi connectivity index (χ0n) is 9.37. The van der Waals surface area contributed by atoms with Crippen molar-refractivity contribution in [1.29, 1.82) is 0 Å². The molecule has 1 heterocycles. The molecule has 2 rings (SSSR count). The van der Waals surface area contributed by atoms with Crippen molar-refractivity contribution >= 4 is 33.2 Å². The van der Waals surface area contributed by atoms with E-state index in [1.54, 1.807) is 11.3 Å². The van der Waals surface area contributed by atoms with E-state index in [4.69, 9.17) is 0 Å². The predicted octanol–water partition coefficient (Wildman–Crippen LogP) is 3.75. The molecule has 0 radical (unpaired) electrons. The molecule has 17 heavy (non-hydrogen) atoms. The fourth-order valence-corrected chi connectivity index (χ4v) is 2.54. The number of halogens is 1. The van der Waals surface area contributed by atoms with E-state index in [2.05, 4.69) is 21.2 Å². The summed E-state index contributed by atoms with van der Waals surface area (Å²) in [5.41, 5.74) is 1.69. The smallest absolute Gasteiger partial charge is 0.251 e. The second-order valence-corrected chi connectivity index (χ2v) is 5.56. The van der Waals surface area contributed by atoms with Crippen LogP contribution >= 0.6 is 27.3 Å². The average Bonchev–Trinajstić information content (AvgIpc) is 2.82. The number of amides is 1. The quantitative estimate of drug-likeness (QED) is 0.919. The topological polar surface area (TPSA) is 29.1 Å². The molecule has 0 unspecified atom stereocenters. The molecule has 88 valence electrons. The molecule has 0 aliphatic heterocycles. The van der Waals surface area contributed by atoms with E-state index in [0.29, 0.717) is 6.54 Å². The van der Waals surface area contributed by atoms with Crippen molar-refractivity contribution in [2.24, 2.45) is 0 Å². The van der Waals surface area contributed by atoms with Gasteiger partial charge in [-0.15, -0.1) is 11.3 Å². The highest BCUT2D eigenvalue weighted by Crippen LogP contribution is 2.19. The third kappa shape index (κ3) is 2.96. The molecule has 0 saturated heterocycles. The van der Waals surface area contributed by atoms with Crippen LogP contribution < -0.4 is 5.32 Å². The van der Waals surface area contributed by atoms with Crippen molar-refractivity contribution in [1.82, 2.24) is 5.32 Å². The zero-order chi connectivity index (χ0) is 12.3. The van der Waals surface area contributed by atoms with Crippen LogP contribution in [-0.4, -0.2) is 5.91 Å². The predicted molar refractivity (Wildman–Crippen MR) is 74.4 cm³/mol. The van der Waals surface area contributed by atoms with Crippen LogP contribution in [-0.2, 0) is 6.54 Å². The Hall–Kier alpha value is -1.13. The molecule has 2 aromatic rings. The third-order valence-electron chi connectivity index (χ3n) is 2.52. The summed E-state index contributed by atoms with van der Waals surface area (Å²) in [6, 6.07) is 9.64. The molecule has 0 aliphatic carbocycles. The van der Waals surface area contributed by atoms with Crippen molar-refractivity contribution in [3.63, 3.8) is 0 Å². The van der Waals surface area contributed by atoms with Crippen molar-refractivity contribution in [2.45, 2.75) is 13.5 Å². The van der Waals surface area contributed by atoms with E-state index in [0.717, 1.165) is 20.5 Å². The fourth-order valence-electron chi connectivity index (χ4n) is 1.53. The normalized spacial score (nSPS) is 10.2. The Morgan fingerprint density at radius 3 is 2.88 bits per heavy atom. The first-order valence-corrected chi connectivity index (χ1v) is 6.91. The summed E-state index contributed by atoms with van der Waals surface area (Å²) in [4.78, 5) is 13.1. The van der Waals surface area contributed by atoms with E-state index in [1.165, 1.54) is 0 Å². The Balaban J connectivity index is 2.07. The summed E-state index contributed by atoms with van der Waals surface area (Å²) in [7, 11) is 0. The van der Waals surface area contributed by atoms with Gasteiger partial charge in [0.2, 0.25) is 0 Å². The van der Waals surface area contributed by atoms with Crippen molar-refractivity contribution in [2.75, 3.05) is 0 Å². The summed E-state index contributed by atoms with van der Waals surface area (Å²) in [6.45, 7) is 2.52. The fraction of sp³-hybridized carbons (Fsp3) is 0.154. The number of hydrogen-bond acceptors (Lipinski definition) is 2. The number of carbonyl (C=O) groups excluding carboxylic acids is 1. The second kappa shape index (κ2) is 5.47. The molecule has 0 spiro atoms. The Morgan fingerprint density at radius 1 is 1.35 bits per heavy atom. The molecule has 1 N–H and O–H groups in total. The highest BCUT2D eigenvalue weighted by molar-refractivity contribution is 9.10. The summed E-state index contributed by atoms with van der Waals surface area (Å²) in [5, 5.41) is 4.93. The highest BCUT2D eigenvalue weighted by Gasteiger charge is 2.10. The molecule has 0 fully saturated rings. The highest BCUT2D eigenvalue weighted by atomic mass is 79.9. The van der Waals surface area contributed by atoms with Crippen LogP contribution in [0.4, 0.5) is 0 Å². The van der Waals surface area contributed by atoms with E-state index in [1.807, 2.05) is 42.6 Å². The minimum Gasteiger partial charge on any atom is -0.347 e. The van der Waals surface area contributed by atoms with Crippen LogP contribution in [0.3, 0.4) is 0 Å². The second-order valence-electron chi connectivity index (χ2n) is 3.67. The Bertz CT molecular complexity index is 522. The molecule has 0 atom stereocenters. The monoisotopic (exact) mass is 309 g/mol. The molecule has 1 amide bonds. The van der Waals surface area contributed by atoms with Crippen LogP contribution in [0, 0.1) is 6.92 Å². The van der Waals surface area contributed by atoms with Gasteiger partial charge in [0, 0.05) is 14.9 Å².